The smallest absolute Gasteiger partial charge is 0.238 e. The van der Waals surface area contributed by atoms with Crippen molar-refractivity contribution in [2.24, 2.45) is 0 Å². The van der Waals surface area contributed by atoms with E-state index in [2.05, 4.69) is 0 Å². The predicted molar refractivity (Wildman–Crippen MR) is 205 cm³/mol. The first kappa shape index (κ1) is 16.5. The number of aromatic nitrogens is 5. The molecule has 10 aromatic rings. The molecule has 0 unspecified atom stereocenters. The number of rotatable bonds is 5. The van der Waals surface area contributed by atoms with Gasteiger partial charge >= 0.3 is 0 Å². The van der Waals surface area contributed by atoms with Crippen molar-refractivity contribution in [1.82, 2.24) is 24.1 Å². The molecule has 0 amide bonds. The van der Waals surface area contributed by atoms with Crippen LogP contribution in [0.1, 0.15) is 21.9 Å². The zero-order valence-corrected chi connectivity index (χ0v) is 25.7. The zero-order chi connectivity index (χ0) is 46.9. The Bertz CT molecular complexity index is 3620. The summed E-state index contributed by atoms with van der Waals surface area (Å²) in [6.45, 7) is 0. The summed E-state index contributed by atoms with van der Waals surface area (Å²) in [5, 5.41) is -0.586. The number of nitrogens with zero attached hydrogens (tertiary/aromatic N) is 5. The van der Waals surface area contributed by atoms with Crippen LogP contribution in [0.25, 0.3) is 89.2 Å². The van der Waals surface area contributed by atoms with E-state index >= 15 is 0 Å². The highest BCUT2D eigenvalue weighted by molar-refractivity contribution is 6.10. The van der Waals surface area contributed by atoms with Crippen LogP contribution in [0.2, 0.25) is 0 Å². The minimum atomic E-state index is -0.632. The molecular formula is C45H29N5. The molecule has 0 spiro atoms. The van der Waals surface area contributed by atoms with Crippen molar-refractivity contribution < 1.29 is 21.9 Å². The van der Waals surface area contributed by atoms with E-state index in [4.69, 9.17) is 36.9 Å². The first-order valence-electron chi connectivity index (χ1n) is 23.5. The average molecular weight is 656 g/mol. The third kappa shape index (κ3) is 4.52. The van der Waals surface area contributed by atoms with E-state index in [1.54, 1.807) is 36.4 Å². The normalized spacial score (nSPS) is 16.1. The van der Waals surface area contributed by atoms with Crippen molar-refractivity contribution in [3.8, 4) is 45.5 Å². The number of fused-ring (bicyclic) bond motifs is 6. The molecule has 5 nitrogen and oxygen atoms in total. The molecule has 0 saturated heterocycles. The van der Waals surface area contributed by atoms with Crippen molar-refractivity contribution in [3.05, 3.63) is 176 Å². The molecule has 0 radical (unpaired) electrons. The summed E-state index contributed by atoms with van der Waals surface area (Å²) < 4.78 is 142. The van der Waals surface area contributed by atoms with Gasteiger partial charge in [0.15, 0.2) is 11.6 Å². The quantitative estimate of drug-likeness (QED) is 0.185. The Morgan fingerprint density at radius 3 is 1.38 bits per heavy atom. The van der Waals surface area contributed by atoms with Crippen LogP contribution in [0.4, 0.5) is 0 Å². The molecular weight excluding hydrogens is 611 g/mol. The second-order valence-electron chi connectivity index (χ2n) is 11.3. The molecule has 0 saturated carbocycles. The van der Waals surface area contributed by atoms with Gasteiger partial charge in [-0.25, -0.2) is 4.98 Å². The summed E-state index contributed by atoms with van der Waals surface area (Å²) in [5.74, 6) is -0.273. The predicted octanol–water partition coefficient (Wildman–Crippen LogP) is 11.1. The highest BCUT2D eigenvalue weighted by Crippen LogP contribution is 2.35. The third-order valence-corrected chi connectivity index (χ3v) is 8.50. The molecule has 3 heterocycles. The van der Waals surface area contributed by atoms with Gasteiger partial charge in [0.1, 0.15) is 0 Å². The Morgan fingerprint density at radius 1 is 0.380 bits per heavy atom. The Balaban J connectivity index is 1.31. The molecule has 0 aliphatic carbocycles. The lowest BCUT2D eigenvalue weighted by molar-refractivity contribution is 0.953. The monoisotopic (exact) mass is 655 g/mol. The van der Waals surface area contributed by atoms with Crippen LogP contribution < -0.4 is 0 Å². The summed E-state index contributed by atoms with van der Waals surface area (Å²) in [6.07, 6.45) is 0. The molecule has 234 valence electrons. The molecule has 5 heteroatoms. The van der Waals surface area contributed by atoms with Crippen LogP contribution in [-0.4, -0.2) is 24.1 Å². The molecule has 0 N–H and O–H groups in total. The van der Waals surface area contributed by atoms with Gasteiger partial charge in [-0.15, -0.1) is 0 Å². The molecule has 50 heavy (non-hydrogen) atoms. The molecule has 7 aromatic carbocycles. The summed E-state index contributed by atoms with van der Waals surface area (Å²) in [7, 11) is 0. The highest BCUT2D eigenvalue weighted by Gasteiger charge is 2.19. The largest absolute Gasteiger partial charge is 0.309 e. The zero-order valence-electron chi connectivity index (χ0n) is 41.7. The van der Waals surface area contributed by atoms with E-state index in [-0.39, 0.29) is 72.5 Å². The minimum absolute atomic E-state index is 0.0507. The van der Waals surface area contributed by atoms with Gasteiger partial charge < -0.3 is 4.57 Å². The summed E-state index contributed by atoms with van der Waals surface area (Å²) in [6, 6.07) is 14.1. The Labute approximate surface area is 310 Å². The Morgan fingerprint density at radius 2 is 0.820 bits per heavy atom. The number of benzene rings is 7. The van der Waals surface area contributed by atoms with Crippen molar-refractivity contribution in [2.45, 2.75) is 0 Å². The lowest BCUT2D eigenvalue weighted by atomic mass is 10.0. The van der Waals surface area contributed by atoms with Crippen LogP contribution in [0, 0.1) is 0 Å². The van der Waals surface area contributed by atoms with E-state index in [1.807, 2.05) is 42.5 Å². The van der Waals surface area contributed by atoms with E-state index in [1.165, 1.54) is 9.13 Å². The topological polar surface area (TPSA) is 48.5 Å². The maximum atomic E-state index is 9.09. The molecule has 10 rings (SSSR count). The van der Waals surface area contributed by atoms with Crippen LogP contribution in [0.15, 0.2) is 176 Å². The maximum Gasteiger partial charge on any atom is 0.238 e. The summed E-state index contributed by atoms with van der Waals surface area (Å²) >= 11 is 0. The van der Waals surface area contributed by atoms with Gasteiger partial charge in [0, 0.05) is 38.4 Å². The van der Waals surface area contributed by atoms with Gasteiger partial charge in [0.25, 0.3) is 0 Å². The molecule has 0 aliphatic heterocycles. The van der Waals surface area contributed by atoms with Crippen molar-refractivity contribution in [1.29, 1.82) is 0 Å². The van der Waals surface area contributed by atoms with E-state index in [9.17, 15) is 0 Å². The van der Waals surface area contributed by atoms with Gasteiger partial charge in [-0.2, -0.15) is 9.97 Å². The first-order chi connectivity index (χ1) is 31.4. The highest BCUT2D eigenvalue weighted by atomic mass is 15.2. The number of hydrogen-bond donors (Lipinski definition) is 0. The molecule has 3 aromatic heterocycles. The van der Waals surface area contributed by atoms with E-state index in [0.717, 1.165) is 11.1 Å². The standard InChI is InChI=1S/C45H29N5/c1-2-13-30(14-3-1)31-25-27-32(28-26-31)43-46-44(48-45(47-43)50-41-23-10-6-19-37(41)38-20-7-11-24-42(38)50)33-15-12-16-34(29-33)49-39-21-8-4-17-35(39)36-18-5-9-22-40(36)49/h1-29H/i4D,5D,6D,7D,8D,9D,10D,11D,17D,18D,19D,20D,21D,22D,23D,24D. The van der Waals surface area contributed by atoms with Gasteiger partial charge in [-0.1, -0.05) is 139 Å². The van der Waals surface area contributed by atoms with Crippen LogP contribution >= 0.6 is 0 Å². The fourth-order valence-corrected chi connectivity index (χ4v) is 6.25. The van der Waals surface area contributed by atoms with Crippen LogP contribution in [-0.2, 0) is 0 Å². The fraction of sp³-hybridized carbons (Fsp3) is 0. The molecule has 0 atom stereocenters. The summed E-state index contributed by atoms with van der Waals surface area (Å²) in [5.41, 5.74) is 2.08. The van der Waals surface area contributed by atoms with Crippen molar-refractivity contribution >= 4 is 43.6 Å². The lowest BCUT2D eigenvalue weighted by Crippen LogP contribution is -2.06. The van der Waals surface area contributed by atoms with Crippen LogP contribution in [0.5, 0.6) is 0 Å². The Hall–Kier alpha value is -6.85. The summed E-state index contributed by atoms with van der Waals surface area (Å²) in [4.78, 5) is 14.5. The fourth-order valence-electron chi connectivity index (χ4n) is 6.25. The Kier molecular flexibility index (Phi) is 3.76. The SMILES string of the molecule is [2H]c1c([2H])c([2H])c2c(c1[2H])c1c([2H])c([2H])c([2H])c([2H])c1n2-c1cccc(-c2nc(-c3ccc(-c4ccccc4)cc3)nc(-n3c4c([2H])c([2H])c([2H])c([2H])c4c4c([2H])c([2H])c([2H])c([2H])c43)n2)c1. The average Bonchev–Trinajstić information content (AvgIpc) is 3.89. The molecule has 0 fully saturated rings. The van der Waals surface area contributed by atoms with Gasteiger partial charge in [0.05, 0.1) is 44.0 Å². The van der Waals surface area contributed by atoms with Crippen molar-refractivity contribution in [2.75, 3.05) is 0 Å². The third-order valence-electron chi connectivity index (χ3n) is 8.50. The second-order valence-corrected chi connectivity index (χ2v) is 11.3. The maximum absolute atomic E-state index is 9.09. The van der Waals surface area contributed by atoms with Gasteiger partial charge in [0.2, 0.25) is 5.95 Å². The van der Waals surface area contributed by atoms with E-state index in [0.29, 0.717) is 5.56 Å². The van der Waals surface area contributed by atoms with Crippen LogP contribution in [0.3, 0.4) is 0 Å². The van der Waals surface area contributed by atoms with Gasteiger partial charge in [-0.05, 0) is 47.4 Å². The van der Waals surface area contributed by atoms with Crippen molar-refractivity contribution in [3.63, 3.8) is 0 Å². The second kappa shape index (κ2) is 11.4. The minimum Gasteiger partial charge on any atom is -0.309 e. The van der Waals surface area contributed by atoms with E-state index < -0.39 is 96.7 Å². The lowest BCUT2D eigenvalue weighted by Gasteiger charge is -2.13. The number of para-hydroxylation sites is 4. The number of hydrogen-bond acceptors (Lipinski definition) is 3. The van der Waals surface area contributed by atoms with Gasteiger partial charge in [-0.3, -0.25) is 4.57 Å². The first-order valence-corrected chi connectivity index (χ1v) is 15.5. The molecule has 0 aliphatic rings. The molecule has 0 bridgehead atoms.